The number of nitrogens with zero attached hydrogens (tertiary/aromatic N) is 3. The van der Waals surface area contributed by atoms with Crippen LogP contribution in [0.1, 0.15) is 17.0 Å². The van der Waals surface area contributed by atoms with Crippen LogP contribution in [0.25, 0.3) is 10.8 Å². The molecule has 4 aromatic rings. The Bertz CT molecular complexity index is 1090. The SMILES string of the molecule is Oc1nnc(OCc2cccc(CNCCc3ccccc3)n2)c2ccccc12. The minimum Gasteiger partial charge on any atom is -0.492 e. The monoisotopic (exact) mass is 386 g/mol. The molecule has 0 radical (unpaired) electrons. The lowest BCUT2D eigenvalue weighted by Gasteiger charge is -2.09. The molecule has 0 aliphatic heterocycles. The summed E-state index contributed by atoms with van der Waals surface area (Å²) in [5.41, 5.74) is 3.09. The van der Waals surface area contributed by atoms with Crippen LogP contribution >= 0.6 is 0 Å². The Balaban J connectivity index is 1.34. The zero-order valence-corrected chi connectivity index (χ0v) is 16.0. The van der Waals surface area contributed by atoms with Gasteiger partial charge in [-0.3, -0.25) is 4.98 Å². The van der Waals surface area contributed by atoms with E-state index in [0.717, 1.165) is 29.7 Å². The van der Waals surface area contributed by atoms with Gasteiger partial charge < -0.3 is 15.2 Å². The predicted molar refractivity (Wildman–Crippen MR) is 112 cm³/mol. The largest absolute Gasteiger partial charge is 0.492 e. The Labute approximate surface area is 169 Å². The van der Waals surface area contributed by atoms with Crippen LogP contribution in [0, 0.1) is 0 Å². The van der Waals surface area contributed by atoms with Crippen LogP contribution in [0.5, 0.6) is 11.8 Å². The van der Waals surface area contributed by atoms with Crippen molar-refractivity contribution in [3.05, 3.63) is 89.7 Å². The van der Waals surface area contributed by atoms with Crippen molar-refractivity contribution in [3.63, 3.8) is 0 Å². The second-order valence-electron chi connectivity index (χ2n) is 6.70. The first-order valence-corrected chi connectivity index (χ1v) is 9.56. The number of nitrogens with one attached hydrogen (secondary N) is 1. The Morgan fingerprint density at radius 1 is 0.793 bits per heavy atom. The van der Waals surface area contributed by atoms with E-state index in [1.807, 2.05) is 42.5 Å². The molecule has 0 spiro atoms. The molecule has 0 unspecified atom stereocenters. The number of pyridine rings is 1. The fourth-order valence-electron chi connectivity index (χ4n) is 3.12. The number of aromatic hydroxyl groups is 1. The summed E-state index contributed by atoms with van der Waals surface area (Å²) in [7, 11) is 0. The maximum absolute atomic E-state index is 9.84. The van der Waals surface area contributed by atoms with Gasteiger partial charge in [0.2, 0.25) is 11.8 Å². The number of hydrogen-bond donors (Lipinski definition) is 2. The van der Waals surface area contributed by atoms with E-state index >= 15 is 0 Å². The third kappa shape index (κ3) is 4.86. The van der Waals surface area contributed by atoms with Gasteiger partial charge >= 0.3 is 0 Å². The number of benzene rings is 2. The fourth-order valence-corrected chi connectivity index (χ4v) is 3.12. The van der Waals surface area contributed by atoms with Crippen molar-refractivity contribution >= 4 is 10.8 Å². The Morgan fingerprint density at radius 3 is 2.41 bits per heavy atom. The van der Waals surface area contributed by atoms with E-state index in [1.165, 1.54) is 5.56 Å². The third-order valence-electron chi connectivity index (χ3n) is 4.59. The van der Waals surface area contributed by atoms with E-state index in [0.29, 0.717) is 17.8 Å². The van der Waals surface area contributed by atoms with Crippen LogP contribution in [-0.2, 0) is 19.6 Å². The number of hydrogen-bond acceptors (Lipinski definition) is 6. The highest BCUT2D eigenvalue weighted by molar-refractivity contribution is 5.90. The minimum atomic E-state index is -0.102. The highest BCUT2D eigenvalue weighted by Gasteiger charge is 2.09. The quantitative estimate of drug-likeness (QED) is 0.450. The summed E-state index contributed by atoms with van der Waals surface area (Å²) >= 11 is 0. The summed E-state index contributed by atoms with van der Waals surface area (Å²) in [6.07, 6.45) is 0.982. The lowest BCUT2D eigenvalue weighted by molar-refractivity contribution is 0.287. The normalized spacial score (nSPS) is 10.9. The molecule has 0 atom stereocenters. The van der Waals surface area contributed by atoms with Crippen LogP contribution in [0.15, 0.2) is 72.8 Å². The molecule has 0 saturated heterocycles. The molecule has 2 heterocycles. The van der Waals surface area contributed by atoms with E-state index in [2.05, 4.69) is 44.8 Å². The van der Waals surface area contributed by atoms with Crippen molar-refractivity contribution in [2.24, 2.45) is 0 Å². The molecular formula is C23H22N4O2. The third-order valence-corrected chi connectivity index (χ3v) is 4.59. The maximum Gasteiger partial charge on any atom is 0.242 e. The van der Waals surface area contributed by atoms with E-state index in [9.17, 15) is 5.11 Å². The van der Waals surface area contributed by atoms with Crippen molar-refractivity contribution in [1.82, 2.24) is 20.5 Å². The zero-order valence-electron chi connectivity index (χ0n) is 16.0. The highest BCUT2D eigenvalue weighted by atomic mass is 16.5. The number of ether oxygens (including phenoxy) is 1. The smallest absolute Gasteiger partial charge is 0.242 e. The summed E-state index contributed by atoms with van der Waals surface area (Å²) in [5.74, 6) is 0.279. The van der Waals surface area contributed by atoms with Gasteiger partial charge in [0.1, 0.15) is 6.61 Å². The minimum absolute atomic E-state index is 0.102. The maximum atomic E-state index is 9.84. The van der Waals surface area contributed by atoms with Crippen molar-refractivity contribution in [1.29, 1.82) is 0 Å². The molecule has 2 aromatic heterocycles. The van der Waals surface area contributed by atoms with Gasteiger partial charge in [0.15, 0.2) is 0 Å². The number of aromatic nitrogens is 3. The molecular weight excluding hydrogens is 364 g/mol. The van der Waals surface area contributed by atoms with Gasteiger partial charge in [-0.05, 0) is 42.8 Å². The summed E-state index contributed by atoms with van der Waals surface area (Å²) < 4.78 is 5.83. The Kier molecular flexibility index (Phi) is 5.92. The topological polar surface area (TPSA) is 80.2 Å². The standard InChI is InChI=1S/C23H22N4O2/c28-22-20-11-4-5-12-21(20)23(27-26-22)29-16-19-10-6-9-18(25-19)15-24-14-13-17-7-2-1-3-8-17/h1-12,24H,13-16H2,(H,26,28). The zero-order chi connectivity index (χ0) is 19.9. The molecule has 0 bridgehead atoms. The molecule has 29 heavy (non-hydrogen) atoms. The molecule has 6 nitrogen and oxygen atoms in total. The first kappa shape index (κ1) is 18.8. The van der Waals surface area contributed by atoms with E-state index < -0.39 is 0 Å². The Morgan fingerprint density at radius 2 is 1.55 bits per heavy atom. The highest BCUT2D eigenvalue weighted by Crippen LogP contribution is 2.28. The van der Waals surface area contributed by atoms with Crippen LogP contribution in [0.2, 0.25) is 0 Å². The van der Waals surface area contributed by atoms with Crippen LogP contribution < -0.4 is 10.1 Å². The number of fused-ring (bicyclic) bond motifs is 1. The fraction of sp³-hybridized carbons (Fsp3) is 0.174. The average Bonchev–Trinajstić information content (AvgIpc) is 2.78. The molecule has 2 N–H and O–H groups in total. The summed E-state index contributed by atoms with van der Waals surface area (Å²) in [6.45, 7) is 1.87. The van der Waals surface area contributed by atoms with E-state index in [4.69, 9.17) is 4.74 Å². The van der Waals surface area contributed by atoms with Crippen LogP contribution in [0.4, 0.5) is 0 Å². The van der Waals surface area contributed by atoms with Crippen LogP contribution in [-0.4, -0.2) is 26.8 Å². The van der Waals surface area contributed by atoms with Crippen molar-refractivity contribution in [3.8, 4) is 11.8 Å². The summed E-state index contributed by atoms with van der Waals surface area (Å²) in [6, 6.07) is 23.6. The van der Waals surface area contributed by atoms with Crippen molar-refractivity contribution < 1.29 is 9.84 Å². The first-order valence-electron chi connectivity index (χ1n) is 9.56. The molecule has 4 rings (SSSR count). The molecule has 146 valence electrons. The molecule has 6 heteroatoms. The summed E-state index contributed by atoms with van der Waals surface area (Å²) in [5, 5.41) is 22.3. The van der Waals surface area contributed by atoms with Crippen LogP contribution in [0.3, 0.4) is 0 Å². The molecule has 2 aromatic carbocycles. The van der Waals surface area contributed by atoms with Gasteiger partial charge in [-0.1, -0.05) is 48.5 Å². The van der Waals surface area contributed by atoms with Gasteiger partial charge in [-0.2, -0.15) is 0 Å². The second-order valence-corrected chi connectivity index (χ2v) is 6.70. The van der Waals surface area contributed by atoms with Crippen molar-refractivity contribution in [2.75, 3.05) is 6.54 Å². The molecule has 0 amide bonds. The van der Waals surface area contributed by atoms with Gasteiger partial charge in [0.05, 0.1) is 22.2 Å². The average molecular weight is 386 g/mol. The van der Waals surface area contributed by atoms with Gasteiger partial charge in [-0.15, -0.1) is 10.2 Å². The molecule has 0 aliphatic rings. The summed E-state index contributed by atoms with van der Waals surface area (Å²) in [4.78, 5) is 4.64. The number of rotatable bonds is 8. The molecule has 0 saturated carbocycles. The van der Waals surface area contributed by atoms with Gasteiger partial charge in [-0.25, -0.2) is 0 Å². The lowest BCUT2D eigenvalue weighted by Crippen LogP contribution is -2.17. The van der Waals surface area contributed by atoms with E-state index in [1.54, 1.807) is 6.07 Å². The predicted octanol–water partition coefficient (Wildman–Crippen LogP) is 3.64. The Hall–Kier alpha value is -3.51. The van der Waals surface area contributed by atoms with E-state index in [-0.39, 0.29) is 12.5 Å². The lowest BCUT2D eigenvalue weighted by atomic mass is 10.1. The second kappa shape index (κ2) is 9.12. The molecule has 0 fully saturated rings. The molecule has 0 aliphatic carbocycles. The van der Waals surface area contributed by atoms with Gasteiger partial charge in [0, 0.05) is 6.54 Å². The van der Waals surface area contributed by atoms with Crippen molar-refractivity contribution in [2.45, 2.75) is 19.6 Å². The van der Waals surface area contributed by atoms with Gasteiger partial charge in [0.25, 0.3) is 0 Å². The first-order chi connectivity index (χ1) is 14.3.